The van der Waals surface area contributed by atoms with E-state index in [2.05, 4.69) is 172 Å². The van der Waals surface area contributed by atoms with Crippen molar-refractivity contribution in [2.24, 2.45) is 56.2 Å². The number of nitrogens with zero attached hydrogens (tertiary/aromatic N) is 4. The Bertz CT molecular complexity index is 1070. The number of hydrogen-bond acceptors (Lipinski definition) is 7. The normalized spacial score (nSPS) is 19.0. The molecule has 4 aliphatic rings. The smallest absolute Gasteiger partial charge is 0.380 e. The van der Waals surface area contributed by atoms with Gasteiger partial charge in [-0.2, -0.15) is 6.42 Å². The van der Waals surface area contributed by atoms with Crippen molar-refractivity contribution in [3.8, 4) is 0 Å². The minimum atomic E-state index is 0. The molecule has 63 heavy (non-hydrogen) atoms. The summed E-state index contributed by atoms with van der Waals surface area (Å²) in [6.45, 7) is 73.0. The Kier molecular flexibility index (Phi) is 32.8. The fourth-order valence-corrected chi connectivity index (χ4v) is 6.99. The average molecular weight is 1060 g/mol. The molecule has 0 amide bonds. The number of ether oxygens (including phenoxy) is 3. The zero-order valence-corrected chi connectivity index (χ0v) is 49.3. The maximum atomic E-state index is 5.70. The van der Waals surface area contributed by atoms with Gasteiger partial charge in [-0.3, -0.25) is 0 Å². The Labute approximate surface area is 411 Å². The standard InChI is InChI=1S/C15H31NO.C14H29NO.C13H27NO.C9H18N.C4H9.W/c1-14(2,3)7-9-17-10-8-16-11-13(12-16)15(4,5)6;1-13(2,3)11-16-8-7-15-9-12(10-15)14(4,5)6;1-5-6-8-15-9-7-14-10-12(11-14)13(2,3)4;1-5-10-6-8(7-10)9(2,3)4;1-3-4-2;/h13H,7-12H2,1-6H3;12H,7-11H2,1-6H3;12H,5-11H2,1-4H3;8H,1,5-7H2,2-4H3;1,3-4H2,2H3;/q;;;2*-1;+2. The fraction of sp³-hybridized carbons (Fsp3) is 0.964. The summed E-state index contributed by atoms with van der Waals surface area (Å²) in [4.78, 5) is 9.89. The minimum absolute atomic E-state index is 0. The number of unbranched alkanes of at least 4 members (excludes halogenated alkanes) is 2. The van der Waals surface area contributed by atoms with E-state index in [9.17, 15) is 0 Å². The first-order chi connectivity index (χ1) is 28.4. The van der Waals surface area contributed by atoms with E-state index in [1.807, 2.05) is 0 Å². The van der Waals surface area contributed by atoms with Gasteiger partial charge in [-0.1, -0.05) is 151 Å². The molecule has 0 aliphatic carbocycles. The van der Waals surface area contributed by atoms with Gasteiger partial charge in [0.25, 0.3) is 0 Å². The largest absolute Gasteiger partial charge is 2.00 e. The SMILES string of the molecule is CC(C)(C)CCOCCN1CC(C(C)(C)C)C1.CC(C)(C)COCCN1CC(C(C)(C)C)C1.CCCCOCCN1CC(C(C)(C)C)C1.[CH2-]CCC.[CH2-]CN1CC(C(C)(C)C)C1.[W+2]. The monoisotopic (exact) mass is 1060 g/mol. The summed E-state index contributed by atoms with van der Waals surface area (Å²) in [7, 11) is 0. The Balaban J connectivity index is 0. The molecular formula is C55H114N4O3W. The average Bonchev–Trinajstić information content (AvgIpc) is 3.02. The summed E-state index contributed by atoms with van der Waals surface area (Å²) in [6, 6.07) is 0. The van der Waals surface area contributed by atoms with Crippen LogP contribution in [0.4, 0.5) is 0 Å². The second-order valence-corrected chi connectivity index (χ2v) is 26.1. The van der Waals surface area contributed by atoms with Crippen molar-refractivity contribution in [1.82, 2.24) is 19.6 Å². The van der Waals surface area contributed by atoms with E-state index in [-0.39, 0.29) is 21.1 Å². The van der Waals surface area contributed by atoms with Gasteiger partial charge in [0.1, 0.15) is 0 Å². The molecule has 4 saturated heterocycles. The van der Waals surface area contributed by atoms with E-state index < -0.39 is 0 Å². The van der Waals surface area contributed by atoms with E-state index in [0.29, 0.717) is 32.5 Å². The molecular weight excluding hydrogens is 948 g/mol. The van der Waals surface area contributed by atoms with Crippen molar-refractivity contribution in [2.75, 3.05) is 118 Å². The quantitative estimate of drug-likeness (QED) is 0.106. The molecule has 0 bridgehead atoms. The van der Waals surface area contributed by atoms with Crippen molar-refractivity contribution in [2.45, 2.75) is 171 Å². The van der Waals surface area contributed by atoms with Gasteiger partial charge >= 0.3 is 21.1 Å². The van der Waals surface area contributed by atoms with Crippen molar-refractivity contribution in [3.05, 3.63) is 13.8 Å². The Morgan fingerprint density at radius 1 is 0.413 bits per heavy atom. The molecule has 0 N–H and O–H groups in total. The molecule has 0 saturated carbocycles. The third kappa shape index (κ3) is 32.7. The van der Waals surface area contributed by atoms with E-state index in [1.165, 1.54) is 71.6 Å². The molecule has 4 rings (SSSR count). The van der Waals surface area contributed by atoms with Gasteiger partial charge in [0.15, 0.2) is 0 Å². The maximum absolute atomic E-state index is 5.70. The van der Waals surface area contributed by atoms with Crippen LogP contribution < -0.4 is 0 Å². The van der Waals surface area contributed by atoms with Gasteiger partial charge in [0, 0.05) is 72.1 Å². The molecule has 4 aliphatic heterocycles. The number of hydrogen-bond donors (Lipinski definition) is 0. The Hall–Kier alpha value is 0.408. The molecule has 4 fully saturated rings. The minimum Gasteiger partial charge on any atom is -0.380 e. The second-order valence-electron chi connectivity index (χ2n) is 26.1. The molecule has 0 atom stereocenters. The van der Waals surface area contributed by atoms with Gasteiger partial charge in [0.2, 0.25) is 0 Å². The molecule has 4 heterocycles. The number of likely N-dealkylation sites (tertiary alicyclic amines) is 4. The van der Waals surface area contributed by atoms with Gasteiger partial charge in [0.05, 0.1) is 26.4 Å². The molecule has 8 heteroatoms. The maximum Gasteiger partial charge on any atom is 2.00 e. The van der Waals surface area contributed by atoms with E-state index >= 15 is 0 Å². The van der Waals surface area contributed by atoms with Crippen molar-refractivity contribution in [3.63, 3.8) is 0 Å². The van der Waals surface area contributed by atoms with Gasteiger partial charge in [-0.25, -0.2) is 0 Å². The molecule has 7 nitrogen and oxygen atoms in total. The van der Waals surface area contributed by atoms with Crippen LogP contribution >= 0.6 is 0 Å². The van der Waals surface area contributed by atoms with Crippen LogP contribution in [0.3, 0.4) is 0 Å². The summed E-state index contributed by atoms with van der Waals surface area (Å²) in [6.07, 6.45) is 5.86. The summed E-state index contributed by atoms with van der Waals surface area (Å²) < 4.78 is 16.9. The number of rotatable bonds is 17. The summed E-state index contributed by atoms with van der Waals surface area (Å²) >= 11 is 0. The first-order valence-electron chi connectivity index (χ1n) is 25.6. The fourth-order valence-electron chi connectivity index (χ4n) is 6.99. The predicted octanol–water partition coefficient (Wildman–Crippen LogP) is 12.6. The van der Waals surface area contributed by atoms with Crippen molar-refractivity contribution in [1.29, 1.82) is 0 Å². The first-order valence-corrected chi connectivity index (χ1v) is 25.6. The molecule has 0 aromatic rings. The summed E-state index contributed by atoms with van der Waals surface area (Å²) in [5, 5.41) is 0. The molecule has 0 aromatic carbocycles. The predicted molar refractivity (Wildman–Crippen MR) is 274 cm³/mol. The summed E-state index contributed by atoms with van der Waals surface area (Å²) in [5.41, 5.74) is 2.63. The van der Waals surface area contributed by atoms with Gasteiger partial charge in [-0.05, 0) is 82.1 Å². The molecule has 0 spiro atoms. The zero-order valence-electron chi connectivity index (χ0n) is 46.4. The zero-order chi connectivity index (χ0) is 48.0. The third-order valence-electron chi connectivity index (χ3n) is 13.2. The van der Waals surface area contributed by atoms with Crippen molar-refractivity contribution < 1.29 is 35.3 Å². The third-order valence-corrected chi connectivity index (χ3v) is 13.2. The van der Waals surface area contributed by atoms with Crippen LogP contribution in [-0.4, -0.2) is 138 Å². The first kappa shape index (κ1) is 65.5. The van der Waals surface area contributed by atoms with E-state index in [1.54, 1.807) is 0 Å². The van der Waals surface area contributed by atoms with Crippen LogP contribution in [0.1, 0.15) is 171 Å². The van der Waals surface area contributed by atoms with Gasteiger partial charge < -0.3 is 47.7 Å². The second kappa shape index (κ2) is 31.5. The molecule has 0 unspecified atom stereocenters. The molecule has 0 aromatic heterocycles. The molecule has 0 radical (unpaired) electrons. The van der Waals surface area contributed by atoms with E-state index in [0.717, 1.165) is 102 Å². The van der Waals surface area contributed by atoms with Crippen molar-refractivity contribution >= 4 is 0 Å². The Morgan fingerprint density at radius 2 is 0.714 bits per heavy atom. The van der Waals surface area contributed by atoms with Crippen LogP contribution in [0.2, 0.25) is 0 Å². The van der Waals surface area contributed by atoms with Crippen LogP contribution in [-0.2, 0) is 35.3 Å². The topological polar surface area (TPSA) is 40.7 Å². The van der Waals surface area contributed by atoms with Crippen LogP contribution in [0.25, 0.3) is 0 Å². The Morgan fingerprint density at radius 3 is 0.968 bits per heavy atom. The van der Waals surface area contributed by atoms with Crippen LogP contribution in [0.15, 0.2) is 0 Å². The molecule has 378 valence electrons. The van der Waals surface area contributed by atoms with Crippen LogP contribution in [0.5, 0.6) is 0 Å². The van der Waals surface area contributed by atoms with E-state index in [4.69, 9.17) is 14.2 Å². The van der Waals surface area contributed by atoms with Gasteiger partial charge in [-0.15, -0.1) is 6.54 Å². The van der Waals surface area contributed by atoms with Crippen LogP contribution in [0, 0.1) is 70.0 Å². The summed E-state index contributed by atoms with van der Waals surface area (Å²) in [5.74, 6) is 3.52.